The number of benzene rings is 1. The van der Waals surface area contributed by atoms with Crippen molar-refractivity contribution in [3.8, 4) is 0 Å². The number of fused-ring (bicyclic) bond motifs is 1. The van der Waals surface area contributed by atoms with E-state index < -0.39 is 6.10 Å². The smallest absolute Gasteiger partial charge is 0.343 e. The molecule has 1 aromatic carbocycles. The molecule has 2 atom stereocenters. The fourth-order valence-electron chi connectivity index (χ4n) is 3.88. The Kier molecular flexibility index (Phi) is 5.80. The van der Waals surface area contributed by atoms with Crippen LogP contribution in [-0.2, 0) is 30.8 Å². The SMILES string of the molecule is CCn1cc(C(O)CN(Cc2ccccc2)C(=O)C2CCc3n[nH]c(=O)n3C2)cn1. The molecule has 2 N–H and O–H groups in total. The Morgan fingerprint density at radius 3 is 2.90 bits per heavy atom. The fraction of sp³-hybridized carbons (Fsp3) is 0.429. The maximum Gasteiger partial charge on any atom is 0.343 e. The van der Waals surface area contributed by atoms with E-state index in [9.17, 15) is 14.7 Å². The Bertz CT molecular complexity index is 1050. The summed E-state index contributed by atoms with van der Waals surface area (Å²) in [5.74, 6) is 0.285. The first-order valence-corrected chi connectivity index (χ1v) is 10.2. The number of aromatic amines is 1. The summed E-state index contributed by atoms with van der Waals surface area (Å²) in [7, 11) is 0. The molecule has 158 valence electrons. The lowest BCUT2D eigenvalue weighted by Crippen LogP contribution is -2.42. The van der Waals surface area contributed by atoms with Crippen LogP contribution < -0.4 is 5.69 Å². The molecule has 1 aliphatic heterocycles. The number of nitrogens with zero attached hydrogens (tertiary/aromatic N) is 5. The molecule has 1 aliphatic rings. The van der Waals surface area contributed by atoms with Gasteiger partial charge in [0.1, 0.15) is 5.82 Å². The van der Waals surface area contributed by atoms with E-state index in [0.717, 1.165) is 5.56 Å². The standard InChI is InChI=1S/C21H26N6O3/c1-2-26-12-17(10-22-26)18(28)14-25(11-15-6-4-3-5-7-15)20(29)16-8-9-19-23-24-21(30)27(19)13-16/h3-7,10,12,16,18,28H,2,8-9,11,13-14H2,1H3,(H,24,30). The summed E-state index contributed by atoms with van der Waals surface area (Å²) >= 11 is 0. The first kappa shape index (κ1) is 20.1. The van der Waals surface area contributed by atoms with E-state index in [1.165, 1.54) is 4.57 Å². The Hall–Kier alpha value is -3.20. The van der Waals surface area contributed by atoms with E-state index in [-0.39, 0.29) is 24.1 Å². The van der Waals surface area contributed by atoms with E-state index in [0.29, 0.717) is 43.9 Å². The Morgan fingerprint density at radius 2 is 2.17 bits per heavy atom. The van der Waals surface area contributed by atoms with Crippen molar-refractivity contribution in [2.75, 3.05) is 6.54 Å². The summed E-state index contributed by atoms with van der Waals surface area (Å²) < 4.78 is 3.28. The van der Waals surface area contributed by atoms with Crippen molar-refractivity contribution in [3.05, 3.63) is 70.2 Å². The molecule has 0 bridgehead atoms. The number of aliphatic hydroxyl groups excluding tert-OH is 1. The van der Waals surface area contributed by atoms with Crippen molar-refractivity contribution >= 4 is 5.91 Å². The molecule has 9 heteroatoms. The molecule has 0 aliphatic carbocycles. The van der Waals surface area contributed by atoms with Gasteiger partial charge in [0, 0.05) is 37.8 Å². The fourth-order valence-corrected chi connectivity index (χ4v) is 3.88. The number of aromatic nitrogens is 5. The molecule has 2 unspecified atom stereocenters. The van der Waals surface area contributed by atoms with Gasteiger partial charge in [-0.25, -0.2) is 9.89 Å². The molecular formula is C21H26N6O3. The zero-order valence-corrected chi connectivity index (χ0v) is 16.9. The molecule has 0 saturated heterocycles. The summed E-state index contributed by atoms with van der Waals surface area (Å²) in [6, 6.07) is 9.70. The van der Waals surface area contributed by atoms with Gasteiger partial charge >= 0.3 is 5.69 Å². The Balaban J connectivity index is 1.54. The maximum atomic E-state index is 13.4. The predicted molar refractivity (Wildman–Crippen MR) is 109 cm³/mol. The molecule has 0 radical (unpaired) electrons. The highest BCUT2D eigenvalue weighted by atomic mass is 16.3. The van der Waals surface area contributed by atoms with E-state index >= 15 is 0 Å². The van der Waals surface area contributed by atoms with Crippen molar-refractivity contribution in [2.45, 2.75) is 45.5 Å². The topological polar surface area (TPSA) is 109 Å². The average Bonchev–Trinajstić information content (AvgIpc) is 3.40. The summed E-state index contributed by atoms with van der Waals surface area (Å²) in [6.45, 7) is 3.54. The number of H-pyrrole nitrogens is 1. The van der Waals surface area contributed by atoms with Crippen molar-refractivity contribution < 1.29 is 9.90 Å². The van der Waals surface area contributed by atoms with Gasteiger partial charge in [0.15, 0.2) is 0 Å². The maximum absolute atomic E-state index is 13.4. The molecule has 2 aromatic heterocycles. The minimum Gasteiger partial charge on any atom is -0.386 e. The quantitative estimate of drug-likeness (QED) is 0.607. The highest BCUT2D eigenvalue weighted by molar-refractivity contribution is 5.79. The van der Waals surface area contributed by atoms with Gasteiger partial charge in [-0.1, -0.05) is 30.3 Å². The van der Waals surface area contributed by atoms with Crippen molar-refractivity contribution in [1.82, 2.24) is 29.4 Å². The van der Waals surface area contributed by atoms with Crippen LogP contribution in [0.1, 0.15) is 36.4 Å². The van der Waals surface area contributed by atoms with Crippen LogP contribution in [0.3, 0.4) is 0 Å². The average molecular weight is 410 g/mol. The summed E-state index contributed by atoms with van der Waals surface area (Å²) in [5, 5.41) is 21.5. The largest absolute Gasteiger partial charge is 0.386 e. The molecule has 4 rings (SSSR count). The number of nitrogens with one attached hydrogen (secondary N) is 1. The minimum absolute atomic E-state index is 0.0699. The minimum atomic E-state index is -0.839. The van der Waals surface area contributed by atoms with Crippen molar-refractivity contribution in [3.63, 3.8) is 0 Å². The second kappa shape index (κ2) is 8.66. The molecule has 1 amide bonds. The number of aryl methyl sites for hydroxylation is 2. The second-order valence-electron chi connectivity index (χ2n) is 7.64. The number of amides is 1. The number of aliphatic hydroxyl groups is 1. The van der Waals surface area contributed by atoms with Crippen LogP contribution in [-0.4, -0.2) is 47.0 Å². The highest BCUT2D eigenvalue weighted by Gasteiger charge is 2.31. The van der Waals surface area contributed by atoms with Gasteiger partial charge in [-0.05, 0) is 18.9 Å². The molecule has 3 heterocycles. The van der Waals surface area contributed by atoms with E-state index in [4.69, 9.17) is 0 Å². The summed E-state index contributed by atoms with van der Waals surface area (Å²) in [4.78, 5) is 27.1. The zero-order valence-electron chi connectivity index (χ0n) is 16.9. The molecule has 3 aromatic rings. The number of carbonyl (C=O) groups excluding carboxylic acids is 1. The molecule has 0 fully saturated rings. The number of hydrogen-bond acceptors (Lipinski definition) is 5. The molecule has 9 nitrogen and oxygen atoms in total. The lowest BCUT2D eigenvalue weighted by molar-refractivity contribution is -0.138. The first-order chi connectivity index (χ1) is 14.5. The van der Waals surface area contributed by atoms with Crippen molar-refractivity contribution in [2.24, 2.45) is 5.92 Å². The van der Waals surface area contributed by atoms with Crippen molar-refractivity contribution in [1.29, 1.82) is 0 Å². The van der Waals surface area contributed by atoms with Gasteiger partial charge in [-0.15, -0.1) is 0 Å². The van der Waals surface area contributed by atoms with Crippen LogP contribution in [0.4, 0.5) is 0 Å². The third-order valence-electron chi connectivity index (χ3n) is 5.59. The second-order valence-corrected chi connectivity index (χ2v) is 7.64. The van der Waals surface area contributed by atoms with Gasteiger partial charge < -0.3 is 10.0 Å². The highest BCUT2D eigenvalue weighted by Crippen LogP contribution is 2.23. The monoisotopic (exact) mass is 410 g/mol. The van der Waals surface area contributed by atoms with Crippen LogP contribution in [0.5, 0.6) is 0 Å². The third kappa shape index (κ3) is 4.20. The van der Waals surface area contributed by atoms with E-state index in [1.54, 1.807) is 22.0 Å². The molecular weight excluding hydrogens is 384 g/mol. The van der Waals surface area contributed by atoms with Gasteiger partial charge in [0.2, 0.25) is 5.91 Å². The third-order valence-corrected chi connectivity index (χ3v) is 5.59. The lowest BCUT2D eigenvalue weighted by atomic mass is 9.97. The summed E-state index contributed by atoms with van der Waals surface area (Å²) in [6.07, 6.45) is 3.79. The summed E-state index contributed by atoms with van der Waals surface area (Å²) in [5.41, 5.74) is 1.38. The first-order valence-electron chi connectivity index (χ1n) is 10.2. The predicted octanol–water partition coefficient (Wildman–Crippen LogP) is 1.11. The van der Waals surface area contributed by atoms with Gasteiger partial charge in [-0.3, -0.25) is 14.0 Å². The van der Waals surface area contributed by atoms with Gasteiger partial charge in [0.05, 0.1) is 24.8 Å². The molecule has 0 spiro atoms. The van der Waals surface area contributed by atoms with E-state index in [2.05, 4.69) is 15.3 Å². The van der Waals surface area contributed by atoms with Crippen LogP contribution in [0, 0.1) is 5.92 Å². The number of rotatable bonds is 7. The van der Waals surface area contributed by atoms with Crippen LogP contribution in [0.2, 0.25) is 0 Å². The zero-order chi connectivity index (χ0) is 21.1. The lowest BCUT2D eigenvalue weighted by Gasteiger charge is -2.31. The van der Waals surface area contributed by atoms with E-state index in [1.807, 2.05) is 37.3 Å². The van der Waals surface area contributed by atoms with Crippen LogP contribution in [0.25, 0.3) is 0 Å². The number of carbonyl (C=O) groups is 1. The van der Waals surface area contributed by atoms with Gasteiger partial charge in [0.25, 0.3) is 0 Å². The Labute approximate surface area is 174 Å². The molecule has 0 saturated carbocycles. The van der Waals surface area contributed by atoms with Crippen LogP contribution >= 0.6 is 0 Å². The van der Waals surface area contributed by atoms with Crippen LogP contribution in [0.15, 0.2) is 47.5 Å². The Morgan fingerprint density at radius 1 is 1.37 bits per heavy atom. The molecule has 30 heavy (non-hydrogen) atoms. The normalized spacial score (nSPS) is 16.8. The van der Waals surface area contributed by atoms with Gasteiger partial charge in [-0.2, -0.15) is 10.2 Å². The number of hydrogen-bond donors (Lipinski definition) is 2.